The SMILES string of the molecule is COc1cccc(C23CCCCC2C(Nc2cc(Cl)cc(Cl)c2)C(=O)O3)c1. The van der Waals surface area contributed by atoms with Crippen LogP contribution in [0, 0.1) is 5.92 Å². The van der Waals surface area contributed by atoms with Crippen LogP contribution in [-0.4, -0.2) is 19.1 Å². The maximum atomic E-state index is 12.9. The van der Waals surface area contributed by atoms with Crippen molar-refractivity contribution in [2.45, 2.75) is 37.3 Å². The van der Waals surface area contributed by atoms with E-state index in [4.69, 9.17) is 32.7 Å². The molecule has 2 aromatic carbocycles. The normalized spacial score (nSPS) is 27.0. The molecule has 6 heteroatoms. The molecular weight excluding hydrogens is 385 g/mol. The van der Waals surface area contributed by atoms with Crippen LogP contribution in [0.1, 0.15) is 31.2 Å². The fourth-order valence-electron chi connectivity index (χ4n) is 4.42. The quantitative estimate of drug-likeness (QED) is 0.689. The Morgan fingerprint density at radius 3 is 2.67 bits per heavy atom. The third-order valence-electron chi connectivity index (χ3n) is 5.59. The Labute approximate surface area is 168 Å². The largest absolute Gasteiger partial charge is 0.497 e. The van der Waals surface area contributed by atoms with Gasteiger partial charge in [-0.1, -0.05) is 41.8 Å². The lowest BCUT2D eigenvalue weighted by atomic mass is 9.70. The lowest BCUT2D eigenvalue weighted by Gasteiger charge is -2.39. The summed E-state index contributed by atoms with van der Waals surface area (Å²) in [5.74, 6) is 0.560. The fraction of sp³-hybridized carbons (Fsp3) is 0.381. The molecule has 0 amide bonds. The Balaban J connectivity index is 1.70. The number of carbonyl (C=O) groups excluding carboxylic acids is 1. The van der Waals surface area contributed by atoms with Gasteiger partial charge in [0.25, 0.3) is 0 Å². The first kappa shape index (κ1) is 18.5. The number of ether oxygens (including phenoxy) is 2. The van der Waals surface area contributed by atoms with Gasteiger partial charge in [0, 0.05) is 21.7 Å². The summed E-state index contributed by atoms with van der Waals surface area (Å²) in [5.41, 5.74) is 1.10. The van der Waals surface area contributed by atoms with Gasteiger partial charge in [-0.3, -0.25) is 0 Å². The number of anilines is 1. The Morgan fingerprint density at radius 1 is 1.15 bits per heavy atom. The number of nitrogens with one attached hydrogen (secondary N) is 1. The third kappa shape index (κ3) is 3.37. The second-order valence-corrected chi connectivity index (χ2v) is 8.05. The minimum absolute atomic E-state index is 0.0311. The van der Waals surface area contributed by atoms with Gasteiger partial charge < -0.3 is 14.8 Å². The van der Waals surface area contributed by atoms with Crippen LogP contribution in [-0.2, 0) is 15.1 Å². The van der Waals surface area contributed by atoms with Crippen LogP contribution in [0.4, 0.5) is 5.69 Å². The van der Waals surface area contributed by atoms with Gasteiger partial charge in [-0.15, -0.1) is 0 Å². The lowest BCUT2D eigenvalue weighted by molar-refractivity contribution is -0.152. The topological polar surface area (TPSA) is 47.6 Å². The van der Waals surface area contributed by atoms with Crippen LogP contribution in [0.2, 0.25) is 10.0 Å². The fourth-order valence-corrected chi connectivity index (χ4v) is 4.95. The Hall–Kier alpha value is -1.91. The van der Waals surface area contributed by atoms with E-state index < -0.39 is 11.6 Å². The molecule has 1 aliphatic heterocycles. The molecule has 142 valence electrons. The number of rotatable bonds is 4. The number of hydrogen-bond donors (Lipinski definition) is 1. The molecule has 3 unspecified atom stereocenters. The highest BCUT2D eigenvalue weighted by Gasteiger charge is 2.57. The molecule has 0 spiro atoms. The molecule has 4 nitrogen and oxygen atoms in total. The zero-order valence-electron chi connectivity index (χ0n) is 15.0. The van der Waals surface area contributed by atoms with Crippen molar-refractivity contribution in [3.63, 3.8) is 0 Å². The van der Waals surface area contributed by atoms with Gasteiger partial charge in [0.1, 0.15) is 17.4 Å². The van der Waals surface area contributed by atoms with Crippen molar-refractivity contribution in [2.75, 3.05) is 12.4 Å². The highest BCUT2D eigenvalue weighted by molar-refractivity contribution is 6.35. The second-order valence-electron chi connectivity index (χ2n) is 7.17. The predicted octanol–water partition coefficient (Wildman–Crippen LogP) is 5.43. The van der Waals surface area contributed by atoms with Gasteiger partial charge >= 0.3 is 5.97 Å². The summed E-state index contributed by atoms with van der Waals surface area (Å²) in [6, 6.07) is 12.6. The smallest absolute Gasteiger partial charge is 0.329 e. The molecule has 2 aromatic rings. The van der Waals surface area contributed by atoms with Crippen molar-refractivity contribution in [2.24, 2.45) is 5.92 Å². The molecule has 1 N–H and O–H groups in total. The maximum Gasteiger partial charge on any atom is 0.329 e. The first-order valence-corrected chi connectivity index (χ1v) is 9.87. The summed E-state index contributed by atoms with van der Waals surface area (Å²) in [5, 5.41) is 4.37. The molecule has 0 aromatic heterocycles. The highest BCUT2D eigenvalue weighted by atomic mass is 35.5. The molecule has 0 radical (unpaired) electrons. The molecule has 27 heavy (non-hydrogen) atoms. The highest BCUT2D eigenvalue weighted by Crippen LogP contribution is 2.52. The standard InChI is InChI=1S/C21H21Cl2NO3/c1-26-17-6-4-5-13(9-17)21-8-3-2-7-18(21)19(20(25)27-21)24-16-11-14(22)10-15(23)12-16/h4-6,9-12,18-19,24H,2-3,7-8H2,1H3. The molecule has 2 fully saturated rings. The van der Waals surface area contributed by atoms with Crippen LogP contribution in [0.5, 0.6) is 5.75 Å². The summed E-state index contributed by atoms with van der Waals surface area (Å²) in [6.07, 6.45) is 3.82. The van der Waals surface area contributed by atoms with Gasteiger partial charge in [-0.05, 0) is 55.2 Å². The van der Waals surface area contributed by atoms with Gasteiger partial charge in [-0.25, -0.2) is 4.79 Å². The van der Waals surface area contributed by atoms with E-state index in [-0.39, 0.29) is 11.9 Å². The molecule has 3 atom stereocenters. The van der Waals surface area contributed by atoms with E-state index in [0.29, 0.717) is 10.0 Å². The van der Waals surface area contributed by atoms with Crippen LogP contribution in [0.3, 0.4) is 0 Å². The number of halogens is 2. The molecule has 1 saturated heterocycles. The van der Waals surface area contributed by atoms with Gasteiger partial charge in [-0.2, -0.15) is 0 Å². The van der Waals surface area contributed by atoms with E-state index in [1.54, 1.807) is 25.3 Å². The van der Waals surface area contributed by atoms with E-state index in [0.717, 1.165) is 42.7 Å². The average Bonchev–Trinajstić information content (AvgIpc) is 2.94. The Kier molecular flexibility index (Phi) is 4.95. The predicted molar refractivity (Wildman–Crippen MR) is 107 cm³/mol. The molecule has 1 aliphatic carbocycles. The van der Waals surface area contributed by atoms with Gasteiger partial charge in [0.05, 0.1) is 7.11 Å². The maximum absolute atomic E-state index is 12.9. The zero-order valence-corrected chi connectivity index (χ0v) is 16.5. The molecule has 4 rings (SSSR count). The summed E-state index contributed by atoms with van der Waals surface area (Å²) in [4.78, 5) is 12.9. The molecule has 1 heterocycles. The number of esters is 1. The van der Waals surface area contributed by atoms with Crippen LogP contribution in [0.25, 0.3) is 0 Å². The number of methoxy groups -OCH3 is 1. The van der Waals surface area contributed by atoms with E-state index in [2.05, 4.69) is 5.32 Å². The summed E-state index contributed by atoms with van der Waals surface area (Å²) >= 11 is 12.2. The third-order valence-corrected chi connectivity index (χ3v) is 6.03. The number of hydrogen-bond acceptors (Lipinski definition) is 4. The number of fused-ring (bicyclic) bond motifs is 1. The van der Waals surface area contributed by atoms with Crippen LogP contribution in [0.15, 0.2) is 42.5 Å². The van der Waals surface area contributed by atoms with Crippen molar-refractivity contribution in [1.29, 1.82) is 0 Å². The monoisotopic (exact) mass is 405 g/mol. The average molecular weight is 406 g/mol. The first-order valence-electron chi connectivity index (χ1n) is 9.12. The number of carbonyl (C=O) groups is 1. The molecule has 2 aliphatic rings. The summed E-state index contributed by atoms with van der Waals surface area (Å²) in [7, 11) is 1.64. The Morgan fingerprint density at radius 2 is 1.93 bits per heavy atom. The van der Waals surface area contributed by atoms with E-state index in [1.165, 1.54) is 0 Å². The van der Waals surface area contributed by atoms with Crippen molar-refractivity contribution in [1.82, 2.24) is 0 Å². The molecular formula is C21H21Cl2NO3. The van der Waals surface area contributed by atoms with Crippen LogP contribution >= 0.6 is 23.2 Å². The summed E-state index contributed by atoms with van der Waals surface area (Å²) in [6.45, 7) is 0. The van der Waals surface area contributed by atoms with Crippen molar-refractivity contribution < 1.29 is 14.3 Å². The van der Waals surface area contributed by atoms with Crippen LogP contribution < -0.4 is 10.1 Å². The zero-order chi connectivity index (χ0) is 19.0. The van der Waals surface area contributed by atoms with Gasteiger partial charge in [0.2, 0.25) is 0 Å². The first-order chi connectivity index (χ1) is 13.0. The van der Waals surface area contributed by atoms with E-state index in [1.807, 2.05) is 24.3 Å². The van der Waals surface area contributed by atoms with E-state index in [9.17, 15) is 4.79 Å². The lowest BCUT2D eigenvalue weighted by Crippen LogP contribution is -2.41. The van der Waals surface area contributed by atoms with Crippen molar-refractivity contribution >= 4 is 34.9 Å². The van der Waals surface area contributed by atoms with Crippen molar-refractivity contribution in [3.05, 3.63) is 58.1 Å². The van der Waals surface area contributed by atoms with Gasteiger partial charge in [0.15, 0.2) is 0 Å². The summed E-state index contributed by atoms with van der Waals surface area (Å²) < 4.78 is 11.4. The minimum atomic E-state index is -0.621. The Bertz CT molecular complexity index is 852. The second kappa shape index (κ2) is 7.25. The molecule has 0 bridgehead atoms. The minimum Gasteiger partial charge on any atom is -0.497 e. The molecule has 1 saturated carbocycles. The van der Waals surface area contributed by atoms with Crippen molar-refractivity contribution in [3.8, 4) is 5.75 Å². The van der Waals surface area contributed by atoms with E-state index >= 15 is 0 Å². The number of benzene rings is 2.